The monoisotopic (exact) mass is 581 g/mol. The Bertz CT molecular complexity index is 1690. The predicted molar refractivity (Wildman–Crippen MR) is 171 cm³/mol. The Hall–Kier alpha value is -4.20. The first-order valence-corrected chi connectivity index (χ1v) is 14.6. The molecule has 0 bridgehead atoms. The summed E-state index contributed by atoms with van der Waals surface area (Å²) in [6, 6.07) is 25.5. The minimum absolute atomic E-state index is 0.107. The number of carbonyl (C=O) groups excluding carboxylic acids is 1. The van der Waals surface area contributed by atoms with Gasteiger partial charge in [-0.05, 0) is 79.4 Å². The van der Waals surface area contributed by atoms with E-state index in [4.69, 9.17) is 11.6 Å². The molecule has 0 unspecified atom stereocenters. The summed E-state index contributed by atoms with van der Waals surface area (Å²) >= 11 is 7.47. The van der Waals surface area contributed by atoms with Crippen LogP contribution in [0, 0.1) is 13.8 Å². The third-order valence-corrected chi connectivity index (χ3v) is 7.88. The van der Waals surface area contributed by atoms with E-state index in [9.17, 15) is 4.79 Å². The zero-order valence-electron chi connectivity index (χ0n) is 23.7. The van der Waals surface area contributed by atoms with Crippen LogP contribution in [0.4, 0.5) is 10.8 Å². The Morgan fingerprint density at radius 2 is 1.66 bits per heavy atom. The molecule has 0 radical (unpaired) electrons. The fourth-order valence-electron chi connectivity index (χ4n) is 4.56. The van der Waals surface area contributed by atoms with Crippen molar-refractivity contribution in [3.05, 3.63) is 117 Å². The summed E-state index contributed by atoms with van der Waals surface area (Å²) in [6.45, 7) is 10.8. The summed E-state index contributed by atoms with van der Waals surface area (Å²) in [5.74, 6) is -0.275. The van der Waals surface area contributed by atoms with Gasteiger partial charge in [-0.1, -0.05) is 56.6 Å². The van der Waals surface area contributed by atoms with Gasteiger partial charge < -0.3 is 9.88 Å². The van der Waals surface area contributed by atoms with Crippen molar-refractivity contribution in [3.63, 3.8) is 0 Å². The highest BCUT2D eigenvalue weighted by Crippen LogP contribution is 2.28. The Balaban J connectivity index is 1.22. The number of hydrogen-bond donors (Lipinski definition) is 2. The first-order chi connectivity index (χ1) is 19.6. The predicted octanol–water partition coefficient (Wildman–Crippen LogP) is 8.68. The number of anilines is 2. The standard InChI is InChI=1S/C33H32ClN5OS/c1-21-18-25(22(2)39(21)29-16-10-26(11-17-29)33(3,4)5)19-35-38-31(40)24-8-6-23(7-9-24)30-20-41-32(37-30)36-28-14-12-27(34)13-15-28/h6-20H,1-5H3,(H,36,37)(H,38,40)/b35-19-. The molecule has 0 atom stereocenters. The topological polar surface area (TPSA) is 71.3 Å². The van der Waals surface area contributed by atoms with E-state index in [0.717, 1.165) is 44.7 Å². The number of hydrogen-bond acceptors (Lipinski definition) is 5. The Kier molecular flexibility index (Phi) is 8.10. The lowest BCUT2D eigenvalue weighted by molar-refractivity contribution is 0.0955. The molecule has 8 heteroatoms. The van der Waals surface area contributed by atoms with Crippen molar-refractivity contribution in [2.75, 3.05) is 5.32 Å². The molecule has 3 aromatic carbocycles. The number of amides is 1. The van der Waals surface area contributed by atoms with Crippen LogP contribution < -0.4 is 10.7 Å². The molecule has 1 amide bonds. The number of halogens is 1. The normalized spacial score (nSPS) is 11.7. The molecule has 0 saturated carbocycles. The number of carbonyl (C=O) groups is 1. The highest BCUT2D eigenvalue weighted by atomic mass is 35.5. The van der Waals surface area contributed by atoms with Gasteiger partial charge in [-0.25, -0.2) is 10.4 Å². The van der Waals surface area contributed by atoms with E-state index in [-0.39, 0.29) is 11.3 Å². The van der Waals surface area contributed by atoms with Crippen LogP contribution in [0.3, 0.4) is 0 Å². The number of thiazole rings is 1. The van der Waals surface area contributed by atoms with E-state index in [2.05, 4.69) is 90.3 Å². The SMILES string of the molecule is Cc1cc(/C=N\NC(=O)c2ccc(-c3csc(Nc4ccc(Cl)cc4)n3)cc2)c(C)n1-c1ccc(C(C)(C)C)cc1. The highest BCUT2D eigenvalue weighted by Gasteiger charge is 2.15. The number of nitrogens with one attached hydrogen (secondary N) is 2. The maximum Gasteiger partial charge on any atom is 0.271 e. The van der Waals surface area contributed by atoms with Gasteiger partial charge in [0.15, 0.2) is 5.13 Å². The number of aryl methyl sites for hydroxylation is 1. The molecule has 41 heavy (non-hydrogen) atoms. The van der Waals surface area contributed by atoms with E-state index in [1.807, 2.05) is 41.8 Å². The Labute approximate surface area is 249 Å². The summed E-state index contributed by atoms with van der Waals surface area (Å²) in [5, 5.41) is 11.0. The van der Waals surface area contributed by atoms with Gasteiger partial charge in [0.1, 0.15) is 0 Å². The molecular formula is C33H32ClN5OS. The number of nitrogens with zero attached hydrogens (tertiary/aromatic N) is 3. The van der Waals surface area contributed by atoms with E-state index >= 15 is 0 Å². The number of hydrazone groups is 1. The molecule has 5 aromatic rings. The van der Waals surface area contributed by atoms with Gasteiger partial charge in [0.05, 0.1) is 11.9 Å². The van der Waals surface area contributed by atoms with Gasteiger partial charge in [0.2, 0.25) is 0 Å². The second kappa shape index (κ2) is 11.7. The van der Waals surface area contributed by atoms with Gasteiger partial charge in [-0.15, -0.1) is 11.3 Å². The van der Waals surface area contributed by atoms with Crippen LogP contribution in [-0.4, -0.2) is 21.7 Å². The van der Waals surface area contributed by atoms with Gasteiger partial charge in [-0.2, -0.15) is 5.10 Å². The van der Waals surface area contributed by atoms with E-state index in [1.165, 1.54) is 16.9 Å². The van der Waals surface area contributed by atoms with Crippen molar-refractivity contribution < 1.29 is 4.79 Å². The van der Waals surface area contributed by atoms with Gasteiger partial charge >= 0.3 is 0 Å². The van der Waals surface area contributed by atoms with Crippen LogP contribution in [0.2, 0.25) is 5.02 Å². The number of rotatable bonds is 7. The first kappa shape index (κ1) is 28.3. The maximum atomic E-state index is 12.7. The van der Waals surface area contributed by atoms with Crippen molar-refractivity contribution in [2.45, 2.75) is 40.0 Å². The quantitative estimate of drug-likeness (QED) is 0.149. The second-order valence-electron chi connectivity index (χ2n) is 10.9. The average Bonchev–Trinajstić information content (AvgIpc) is 3.53. The molecule has 0 aliphatic heterocycles. The van der Waals surface area contributed by atoms with Crippen LogP contribution >= 0.6 is 22.9 Å². The Morgan fingerprint density at radius 3 is 2.32 bits per heavy atom. The Morgan fingerprint density at radius 1 is 0.976 bits per heavy atom. The van der Waals surface area contributed by atoms with Crippen LogP contribution in [0.15, 0.2) is 89.3 Å². The molecule has 2 heterocycles. The van der Waals surface area contributed by atoms with Gasteiger partial charge in [0, 0.05) is 49.9 Å². The summed E-state index contributed by atoms with van der Waals surface area (Å²) in [6.07, 6.45) is 1.69. The van der Waals surface area contributed by atoms with Crippen molar-refractivity contribution in [2.24, 2.45) is 5.10 Å². The minimum atomic E-state index is -0.275. The lowest BCUT2D eigenvalue weighted by atomic mass is 9.87. The number of aromatic nitrogens is 2. The summed E-state index contributed by atoms with van der Waals surface area (Å²) < 4.78 is 2.20. The molecule has 5 rings (SSSR count). The van der Waals surface area contributed by atoms with Crippen LogP contribution in [0.1, 0.15) is 53.6 Å². The third-order valence-electron chi connectivity index (χ3n) is 6.87. The van der Waals surface area contributed by atoms with Crippen molar-refractivity contribution in [3.8, 4) is 16.9 Å². The molecule has 0 aliphatic carbocycles. The van der Waals surface area contributed by atoms with E-state index < -0.39 is 0 Å². The van der Waals surface area contributed by atoms with Crippen molar-refractivity contribution in [1.82, 2.24) is 15.0 Å². The fourth-order valence-corrected chi connectivity index (χ4v) is 5.43. The molecule has 2 N–H and O–H groups in total. The lowest BCUT2D eigenvalue weighted by Gasteiger charge is -2.20. The molecule has 6 nitrogen and oxygen atoms in total. The van der Waals surface area contributed by atoms with E-state index in [1.54, 1.807) is 18.3 Å². The zero-order chi connectivity index (χ0) is 29.1. The van der Waals surface area contributed by atoms with Gasteiger partial charge in [0.25, 0.3) is 5.91 Å². The summed E-state index contributed by atoms with van der Waals surface area (Å²) in [4.78, 5) is 17.4. The average molecular weight is 582 g/mol. The zero-order valence-corrected chi connectivity index (χ0v) is 25.3. The molecule has 208 valence electrons. The van der Waals surface area contributed by atoms with Crippen LogP contribution in [-0.2, 0) is 5.41 Å². The van der Waals surface area contributed by atoms with Crippen molar-refractivity contribution >= 4 is 45.9 Å². The largest absolute Gasteiger partial charge is 0.332 e. The smallest absolute Gasteiger partial charge is 0.271 e. The van der Waals surface area contributed by atoms with Crippen LogP contribution in [0.5, 0.6) is 0 Å². The van der Waals surface area contributed by atoms with Gasteiger partial charge in [-0.3, -0.25) is 4.79 Å². The third kappa shape index (κ3) is 6.59. The summed E-state index contributed by atoms with van der Waals surface area (Å²) in [7, 11) is 0. The fraction of sp³-hybridized carbons (Fsp3) is 0.182. The van der Waals surface area contributed by atoms with Crippen molar-refractivity contribution in [1.29, 1.82) is 0 Å². The lowest BCUT2D eigenvalue weighted by Crippen LogP contribution is -2.17. The number of benzene rings is 3. The molecule has 0 spiro atoms. The highest BCUT2D eigenvalue weighted by molar-refractivity contribution is 7.14. The maximum absolute atomic E-state index is 12.7. The molecule has 2 aromatic heterocycles. The molecular weight excluding hydrogens is 550 g/mol. The molecule has 0 aliphatic rings. The second-order valence-corrected chi connectivity index (χ2v) is 12.2. The minimum Gasteiger partial charge on any atom is -0.332 e. The molecule has 0 saturated heterocycles. The molecule has 0 fully saturated rings. The summed E-state index contributed by atoms with van der Waals surface area (Å²) in [5.41, 5.74) is 11.5. The van der Waals surface area contributed by atoms with Crippen LogP contribution in [0.25, 0.3) is 16.9 Å². The van der Waals surface area contributed by atoms with E-state index in [0.29, 0.717) is 10.6 Å². The first-order valence-electron chi connectivity index (χ1n) is 13.3.